The zero-order chi connectivity index (χ0) is 10.1. The molecule has 14 heavy (non-hydrogen) atoms. The number of fused-ring (bicyclic) bond motifs is 1. The number of nitrogens with one attached hydrogen (secondary N) is 1. The van der Waals surface area contributed by atoms with Gasteiger partial charge in [0.2, 0.25) is 0 Å². The highest BCUT2D eigenvalue weighted by Gasteiger charge is 2.23. The van der Waals surface area contributed by atoms with Crippen molar-refractivity contribution >= 4 is 22.2 Å². The summed E-state index contributed by atoms with van der Waals surface area (Å²) in [4.78, 5) is 12.7. The Morgan fingerprint density at radius 1 is 1.36 bits per heavy atom. The highest BCUT2D eigenvalue weighted by Crippen LogP contribution is 2.35. The summed E-state index contributed by atoms with van der Waals surface area (Å²) in [6.45, 7) is 0. The number of thiophene rings is 1. The van der Waals surface area contributed by atoms with Crippen LogP contribution in [0.15, 0.2) is 0 Å². The molecule has 0 bridgehead atoms. The highest BCUT2D eigenvalue weighted by atomic mass is 32.1. The molecule has 5 N–H and O–H groups in total. The van der Waals surface area contributed by atoms with Gasteiger partial charge in [0.05, 0.1) is 10.6 Å². The molecule has 1 heterocycles. The maximum Gasteiger partial charge on any atom is 0.268 e. The van der Waals surface area contributed by atoms with Crippen molar-refractivity contribution < 1.29 is 4.79 Å². The summed E-state index contributed by atoms with van der Waals surface area (Å²) in [5, 5.41) is 0.597. The number of carbonyl (C=O) groups is 1. The maximum atomic E-state index is 11.5. The van der Waals surface area contributed by atoms with Crippen molar-refractivity contribution in [3.63, 3.8) is 0 Å². The lowest BCUT2D eigenvalue weighted by atomic mass is 9.95. The minimum atomic E-state index is -0.262. The lowest BCUT2D eigenvalue weighted by molar-refractivity contribution is 0.0954. The van der Waals surface area contributed by atoms with Gasteiger partial charge in [-0.05, 0) is 31.2 Å². The second-order valence-corrected chi connectivity index (χ2v) is 4.56. The molecule has 0 aromatic carbocycles. The van der Waals surface area contributed by atoms with Crippen LogP contribution >= 0.6 is 11.3 Å². The van der Waals surface area contributed by atoms with E-state index in [9.17, 15) is 4.79 Å². The van der Waals surface area contributed by atoms with E-state index in [4.69, 9.17) is 11.6 Å². The van der Waals surface area contributed by atoms with Crippen LogP contribution in [-0.2, 0) is 12.8 Å². The molecular weight excluding hydrogens is 198 g/mol. The van der Waals surface area contributed by atoms with Crippen LogP contribution in [0.25, 0.3) is 0 Å². The third-order valence-corrected chi connectivity index (χ3v) is 3.68. The fraction of sp³-hybridized carbons (Fsp3) is 0.444. The minimum absolute atomic E-state index is 0.262. The average Bonchev–Trinajstić information content (AvgIpc) is 2.53. The third-order valence-electron chi connectivity index (χ3n) is 2.56. The number of rotatable bonds is 1. The molecule has 0 radical (unpaired) electrons. The first-order valence-corrected chi connectivity index (χ1v) is 5.46. The van der Waals surface area contributed by atoms with E-state index in [2.05, 4.69) is 5.43 Å². The van der Waals surface area contributed by atoms with Gasteiger partial charge in [0.25, 0.3) is 5.91 Å². The number of carbonyl (C=O) groups excluding carboxylic acids is 1. The molecule has 76 valence electrons. The molecule has 1 aliphatic rings. The van der Waals surface area contributed by atoms with E-state index in [0.717, 1.165) is 24.8 Å². The Kier molecular flexibility index (Phi) is 2.43. The predicted molar refractivity (Wildman–Crippen MR) is 57.0 cm³/mol. The van der Waals surface area contributed by atoms with Crippen molar-refractivity contribution in [2.75, 3.05) is 5.73 Å². The molecule has 0 saturated carbocycles. The van der Waals surface area contributed by atoms with E-state index in [1.165, 1.54) is 22.6 Å². The normalized spacial score (nSPS) is 14.9. The molecule has 1 aromatic rings. The number of hydrogen-bond donors (Lipinski definition) is 3. The average molecular weight is 211 g/mol. The van der Waals surface area contributed by atoms with Gasteiger partial charge >= 0.3 is 0 Å². The van der Waals surface area contributed by atoms with E-state index >= 15 is 0 Å². The van der Waals surface area contributed by atoms with Crippen LogP contribution in [0.3, 0.4) is 0 Å². The van der Waals surface area contributed by atoms with Gasteiger partial charge in [0, 0.05) is 4.88 Å². The fourth-order valence-electron chi connectivity index (χ4n) is 1.91. The molecule has 5 heteroatoms. The van der Waals surface area contributed by atoms with Crippen LogP contribution < -0.4 is 17.0 Å². The lowest BCUT2D eigenvalue weighted by Crippen LogP contribution is -2.31. The van der Waals surface area contributed by atoms with Crippen LogP contribution in [0.2, 0.25) is 0 Å². The maximum absolute atomic E-state index is 11.5. The second-order valence-electron chi connectivity index (χ2n) is 3.42. The first-order chi connectivity index (χ1) is 6.74. The van der Waals surface area contributed by atoms with Gasteiger partial charge in [0.15, 0.2) is 0 Å². The van der Waals surface area contributed by atoms with Gasteiger partial charge in [-0.3, -0.25) is 10.2 Å². The summed E-state index contributed by atoms with van der Waals surface area (Å²) >= 11 is 1.52. The van der Waals surface area contributed by atoms with Crippen molar-refractivity contribution in [1.29, 1.82) is 0 Å². The first kappa shape index (κ1) is 9.48. The SMILES string of the molecule is NNC(=O)c1c(N)sc2c1CCCC2. The van der Waals surface area contributed by atoms with Crippen LogP contribution in [0.5, 0.6) is 0 Å². The molecular formula is C9H13N3OS. The van der Waals surface area contributed by atoms with Crippen LogP contribution in [0.4, 0.5) is 5.00 Å². The van der Waals surface area contributed by atoms with Gasteiger partial charge in [-0.15, -0.1) is 11.3 Å². The Morgan fingerprint density at radius 3 is 2.79 bits per heavy atom. The molecule has 0 aliphatic heterocycles. The van der Waals surface area contributed by atoms with E-state index < -0.39 is 0 Å². The molecule has 2 rings (SSSR count). The van der Waals surface area contributed by atoms with Crippen molar-refractivity contribution in [2.45, 2.75) is 25.7 Å². The smallest absolute Gasteiger partial charge is 0.268 e. The Balaban J connectivity index is 2.47. The molecule has 1 aromatic heterocycles. The molecule has 4 nitrogen and oxygen atoms in total. The summed E-state index contributed by atoms with van der Waals surface area (Å²) in [6, 6.07) is 0. The molecule has 0 unspecified atom stereocenters. The van der Waals surface area contributed by atoms with Gasteiger partial charge in [-0.1, -0.05) is 0 Å². The Labute approximate surface area is 86.3 Å². The van der Waals surface area contributed by atoms with E-state index in [-0.39, 0.29) is 5.91 Å². The monoisotopic (exact) mass is 211 g/mol. The summed E-state index contributed by atoms with van der Waals surface area (Å²) in [7, 11) is 0. The van der Waals surface area contributed by atoms with Crippen LogP contribution in [0, 0.1) is 0 Å². The second kappa shape index (κ2) is 3.59. The van der Waals surface area contributed by atoms with Crippen LogP contribution in [0.1, 0.15) is 33.6 Å². The van der Waals surface area contributed by atoms with Gasteiger partial charge in [-0.25, -0.2) is 5.84 Å². The summed E-state index contributed by atoms with van der Waals surface area (Å²) in [5.74, 6) is 4.85. The van der Waals surface area contributed by atoms with E-state index in [1.54, 1.807) is 0 Å². The van der Waals surface area contributed by atoms with Crippen molar-refractivity contribution in [1.82, 2.24) is 5.43 Å². The number of aryl methyl sites for hydroxylation is 1. The lowest BCUT2D eigenvalue weighted by Gasteiger charge is -2.11. The molecule has 0 saturated heterocycles. The predicted octanol–water partition coefficient (Wildman–Crippen LogP) is 0.813. The number of hydrogen-bond acceptors (Lipinski definition) is 4. The van der Waals surface area contributed by atoms with Crippen molar-refractivity contribution in [2.24, 2.45) is 5.84 Å². The highest BCUT2D eigenvalue weighted by molar-refractivity contribution is 7.16. The zero-order valence-corrected chi connectivity index (χ0v) is 8.62. The molecule has 1 amide bonds. The summed E-state index contributed by atoms with van der Waals surface area (Å²) < 4.78 is 0. The summed E-state index contributed by atoms with van der Waals surface area (Å²) in [5.41, 5.74) is 9.66. The largest absolute Gasteiger partial charge is 0.390 e. The van der Waals surface area contributed by atoms with Crippen LogP contribution in [-0.4, -0.2) is 5.91 Å². The number of hydrazine groups is 1. The molecule has 1 aliphatic carbocycles. The Bertz CT molecular complexity index is 372. The third kappa shape index (κ3) is 1.38. The van der Waals surface area contributed by atoms with Crippen molar-refractivity contribution in [3.8, 4) is 0 Å². The zero-order valence-electron chi connectivity index (χ0n) is 7.80. The Hall–Kier alpha value is -1.07. The standard InChI is InChI=1S/C9H13N3OS/c10-8-7(9(13)12-11)5-3-1-2-4-6(5)14-8/h1-4,10-11H2,(H,12,13). The molecule has 0 fully saturated rings. The van der Waals surface area contributed by atoms with Gasteiger partial charge in [-0.2, -0.15) is 0 Å². The van der Waals surface area contributed by atoms with Crippen molar-refractivity contribution in [3.05, 3.63) is 16.0 Å². The number of anilines is 1. The van der Waals surface area contributed by atoms with Gasteiger partial charge in [0.1, 0.15) is 0 Å². The van der Waals surface area contributed by atoms with E-state index in [1.807, 2.05) is 0 Å². The minimum Gasteiger partial charge on any atom is -0.390 e. The first-order valence-electron chi connectivity index (χ1n) is 4.65. The van der Waals surface area contributed by atoms with Gasteiger partial charge < -0.3 is 5.73 Å². The molecule has 0 atom stereocenters. The number of nitrogens with two attached hydrogens (primary N) is 2. The van der Waals surface area contributed by atoms with E-state index in [0.29, 0.717) is 10.6 Å². The number of nitrogen functional groups attached to an aromatic ring is 2. The quantitative estimate of drug-likeness (QED) is 0.365. The molecule has 0 spiro atoms. The number of amides is 1. The topological polar surface area (TPSA) is 81.1 Å². The summed E-state index contributed by atoms with van der Waals surface area (Å²) in [6.07, 6.45) is 4.32. The Morgan fingerprint density at radius 2 is 2.07 bits per heavy atom. The fourth-order valence-corrected chi connectivity index (χ4v) is 3.07.